The molecule has 60 valence electrons. The Hall–Kier alpha value is -0.0500. The maximum Gasteiger partial charge on any atom is 0.221 e. The summed E-state index contributed by atoms with van der Waals surface area (Å²) in [5.74, 6) is 0.131. The lowest BCUT2D eigenvalue weighted by Gasteiger charge is -2.09. The van der Waals surface area contributed by atoms with E-state index in [0.717, 1.165) is 11.8 Å². The molecule has 0 saturated carbocycles. The van der Waals surface area contributed by atoms with E-state index in [4.69, 9.17) is 0 Å². The average Bonchev–Trinajstić information content (AvgIpc) is 1.88. The first-order valence-corrected chi connectivity index (χ1v) is 4.68. The Bertz CT molecular complexity index is 106. The molecule has 0 spiro atoms. The Kier molecular flexibility index (Phi) is 5.69. The molecule has 0 saturated heterocycles. The zero-order valence-corrected chi connectivity index (χ0v) is 8.07. The summed E-state index contributed by atoms with van der Waals surface area (Å²) in [6.45, 7) is 4.06. The molecule has 0 aromatic rings. The van der Waals surface area contributed by atoms with Crippen LogP contribution in [0.2, 0.25) is 0 Å². The molecule has 0 aromatic carbocycles. The third-order valence-corrected chi connectivity index (χ3v) is 1.74. The largest absolute Gasteiger partial charge is 0.354 e. The van der Waals surface area contributed by atoms with Gasteiger partial charge < -0.3 is 5.32 Å². The third-order valence-electron chi connectivity index (χ3n) is 1.34. The lowest BCUT2D eigenvalue weighted by molar-refractivity contribution is -0.121. The smallest absolute Gasteiger partial charge is 0.221 e. The van der Waals surface area contributed by atoms with Crippen LogP contribution in [0.4, 0.5) is 0 Å². The molecule has 0 unspecified atom stereocenters. The number of carbonyl (C=O) groups excluding carboxylic acids is 1. The molecule has 0 aliphatic heterocycles. The molecule has 0 rings (SSSR count). The number of amides is 1. The predicted molar refractivity (Wildman–Crippen MR) is 46.3 cm³/mol. The molecule has 1 amide bonds. The summed E-state index contributed by atoms with van der Waals surface area (Å²) in [5, 5.41) is 3.61. The topological polar surface area (TPSA) is 29.1 Å². The second-order valence-electron chi connectivity index (χ2n) is 2.32. The van der Waals surface area contributed by atoms with Crippen molar-refractivity contribution in [2.75, 3.05) is 5.33 Å². The SMILES string of the molecule is CC[C@H](C)NC(=O)CCBr. The van der Waals surface area contributed by atoms with Gasteiger partial charge in [-0.25, -0.2) is 0 Å². The second kappa shape index (κ2) is 5.71. The van der Waals surface area contributed by atoms with E-state index >= 15 is 0 Å². The molecule has 0 fully saturated rings. The summed E-state index contributed by atoms with van der Waals surface area (Å²) in [4.78, 5) is 10.9. The van der Waals surface area contributed by atoms with E-state index in [2.05, 4.69) is 28.2 Å². The highest BCUT2D eigenvalue weighted by molar-refractivity contribution is 9.09. The molecule has 1 atom stereocenters. The van der Waals surface area contributed by atoms with Crippen LogP contribution in [0.1, 0.15) is 26.7 Å². The fourth-order valence-corrected chi connectivity index (χ4v) is 0.895. The van der Waals surface area contributed by atoms with E-state index in [1.807, 2.05) is 6.92 Å². The van der Waals surface area contributed by atoms with Crippen LogP contribution >= 0.6 is 15.9 Å². The van der Waals surface area contributed by atoms with Crippen molar-refractivity contribution in [1.29, 1.82) is 0 Å². The predicted octanol–water partition coefficient (Wildman–Crippen LogP) is 1.69. The lowest BCUT2D eigenvalue weighted by atomic mass is 10.2. The van der Waals surface area contributed by atoms with Gasteiger partial charge in [0.25, 0.3) is 0 Å². The molecule has 2 nitrogen and oxygen atoms in total. The molecule has 0 bridgehead atoms. The first-order chi connectivity index (χ1) is 4.70. The Morgan fingerprint density at radius 3 is 2.70 bits per heavy atom. The number of hydrogen-bond acceptors (Lipinski definition) is 1. The van der Waals surface area contributed by atoms with E-state index in [1.165, 1.54) is 0 Å². The zero-order valence-electron chi connectivity index (χ0n) is 6.48. The van der Waals surface area contributed by atoms with E-state index < -0.39 is 0 Å². The van der Waals surface area contributed by atoms with Gasteiger partial charge in [0, 0.05) is 17.8 Å². The number of hydrogen-bond donors (Lipinski definition) is 1. The average molecular weight is 208 g/mol. The maximum absolute atomic E-state index is 10.9. The van der Waals surface area contributed by atoms with Crippen LogP contribution < -0.4 is 5.32 Å². The van der Waals surface area contributed by atoms with E-state index in [1.54, 1.807) is 0 Å². The van der Waals surface area contributed by atoms with Crippen LogP contribution in [-0.2, 0) is 4.79 Å². The first-order valence-electron chi connectivity index (χ1n) is 3.56. The van der Waals surface area contributed by atoms with E-state index in [9.17, 15) is 4.79 Å². The van der Waals surface area contributed by atoms with Gasteiger partial charge in [0.15, 0.2) is 0 Å². The number of rotatable bonds is 4. The van der Waals surface area contributed by atoms with Crippen LogP contribution in [0.25, 0.3) is 0 Å². The summed E-state index contributed by atoms with van der Waals surface area (Å²) in [7, 11) is 0. The summed E-state index contributed by atoms with van der Waals surface area (Å²) < 4.78 is 0. The number of halogens is 1. The molecule has 0 heterocycles. The normalized spacial score (nSPS) is 12.7. The first kappa shape index (κ1) is 9.95. The van der Waals surface area contributed by atoms with Crippen molar-refractivity contribution < 1.29 is 4.79 Å². The van der Waals surface area contributed by atoms with Crippen molar-refractivity contribution in [3.63, 3.8) is 0 Å². The molecular formula is C7H14BrNO. The fourth-order valence-electron chi connectivity index (χ4n) is 0.535. The van der Waals surface area contributed by atoms with Crippen molar-refractivity contribution in [3.05, 3.63) is 0 Å². The van der Waals surface area contributed by atoms with Gasteiger partial charge in [-0.1, -0.05) is 22.9 Å². The molecule has 0 aromatic heterocycles. The molecule has 1 N–H and O–H groups in total. The molecule has 0 aliphatic carbocycles. The van der Waals surface area contributed by atoms with Gasteiger partial charge >= 0.3 is 0 Å². The molecular weight excluding hydrogens is 194 g/mol. The fraction of sp³-hybridized carbons (Fsp3) is 0.857. The lowest BCUT2D eigenvalue weighted by Crippen LogP contribution is -2.31. The van der Waals surface area contributed by atoms with Crippen molar-refractivity contribution in [2.45, 2.75) is 32.7 Å². The van der Waals surface area contributed by atoms with Gasteiger partial charge in [0.05, 0.1) is 0 Å². The van der Waals surface area contributed by atoms with Gasteiger partial charge in [-0.15, -0.1) is 0 Å². The quantitative estimate of drug-likeness (QED) is 0.699. The molecule has 0 aliphatic rings. The Labute approximate surface area is 70.5 Å². The van der Waals surface area contributed by atoms with Crippen molar-refractivity contribution >= 4 is 21.8 Å². The Morgan fingerprint density at radius 1 is 1.70 bits per heavy atom. The highest BCUT2D eigenvalue weighted by atomic mass is 79.9. The minimum atomic E-state index is 0.131. The van der Waals surface area contributed by atoms with Crippen molar-refractivity contribution in [2.24, 2.45) is 0 Å². The summed E-state index contributed by atoms with van der Waals surface area (Å²) >= 11 is 3.20. The summed E-state index contributed by atoms with van der Waals surface area (Å²) in [6.07, 6.45) is 1.57. The van der Waals surface area contributed by atoms with Crippen LogP contribution in [0.3, 0.4) is 0 Å². The summed E-state index contributed by atoms with van der Waals surface area (Å²) in [6, 6.07) is 0.312. The molecule has 0 radical (unpaired) electrons. The van der Waals surface area contributed by atoms with Gasteiger partial charge in [-0.05, 0) is 13.3 Å². The van der Waals surface area contributed by atoms with Crippen molar-refractivity contribution in [3.8, 4) is 0 Å². The van der Waals surface area contributed by atoms with Gasteiger partial charge in [-0.2, -0.15) is 0 Å². The highest BCUT2D eigenvalue weighted by Crippen LogP contribution is 1.91. The van der Waals surface area contributed by atoms with E-state index in [0.29, 0.717) is 12.5 Å². The number of nitrogens with one attached hydrogen (secondary N) is 1. The third kappa shape index (κ3) is 4.79. The van der Waals surface area contributed by atoms with Crippen LogP contribution in [0, 0.1) is 0 Å². The maximum atomic E-state index is 10.9. The minimum absolute atomic E-state index is 0.131. The summed E-state index contributed by atoms with van der Waals surface area (Å²) in [5.41, 5.74) is 0. The Morgan fingerprint density at radius 2 is 2.30 bits per heavy atom. The molecule has 3 heteroatoms. The number of carbonyl (C=O) groups is 1. The second-order valence-corrected chi connectivity index (χ2v) is 3.11. The van der Waals surface area contributed by atoms with Crippen LogP contribution in [-0.4, -0.2) is 17.3 Å². The minimum Gasteiger partial charge on any atom is -0.354 e. The van der Waals surface area contributed by atoms with Crippen LogP contribution in [0.5, 0.6) is 0 Å². The standard InChI is InChI=1S/C7H14BrNO/c1-3-6(2)9-7(10)4-5-8/h6H,3-5H2,1-2H3,(H,9,10)/t6-/m0/s1. The Balaban J connectivity index is 3.37. The zero-order chi connectivity index (χ0) is 7.98. The van der Waals surface area contributed by atoms with Crippen molar-refractivity contribution in [1.82, 2.24) is 5.32 Å². The van der Waals surface area contributed by atoms with Gasteiger partial charge in [0.1, 0.15) is 0 Å². The molecule has 10 heavy (non-hydrogen) atoms. The number of alkyl halides is 1. The highest BCUT2D eigenvalue weighted by Gasteiger charge is 2.02. The van der Waals surface area contributed by atoms with Crippen LogP contribution in [0.15, 0.2) is 0 Å². The van der Waals surface area contributed by atoms with E-state index in [-0.39, 0.29) is 5.91 Å². The monoisotopic (exact) mass is 207 g/mol. The van der Waals surface area contributed by atoms with Gasteiger partial charge in [0.2, 0.25) is 5.91 Å². The van der Waals surface area contributed by atoms with Gasteiger partial charge in [-0.3, -0.25) is 4.79 Å².